The minimum absolute atomic E-state index is 0. The van der Waals surface area contributed by atoms with Crippen molar-refractivity contribution in [3.05, 3.63) is 71.0 Å². The number of benzene rings is 2. The number of aromatic nitrogens is 2. The molecule has 2 aromatic heterocycles. The van der Waals surface area contributed by atoms with Gasteiger partial charge in [-0.15, -0.1) is 0 Å². The molecule has 4 aromatic rings. The van der Waals surface area contributed by atoms with Gasteiger partial charge in [0.15, 0.2) is 0 Å². The van der Waals surface area contributed by atoms with Crippen LogP contribution in [-0.4, -0.2) is 33.0 Å². The zero-order valence-corrected chi connectivity index (χ0v) is 17.5. The summed E-state index contributed by atoms with van der Waals surface area (Å²) in [5, 5.41) is 24.7. The molecule has 0 radical (unpaired) electrons. The molecule has 2 aromatic carbocycles. The summed E-state index contributed by atoms with van der Waals surface area (Å²) >= 11 is 0. The van der Waals surface area contributed by atoms with E-state index in [-0.39, 0.29) is 34.6 Å². The quantitative estimate of drug-likeness (QED) is 0.445. The second-order valence-corrected chi connectivity index (χ2v) is 6.44. The summed E-state index contributed by atoms with van der Waals surface area (Å²) in [5.41, 5.74) is 5.68. The molecule has 0 aliphatic carbocycles. The van der Waals surface area contributed by atoms with E-state index in [9.17, 15) is 10.2 Å². The van der Waals surface area contributed by atoms with E-state index >= 15 is 0 Å². The molecule has 0 saturated heterocycles. The Kier molecular flexibility index (Phi) is 6.62. The van der Waals surface area contributed by atoms with Crippen LogP contribution in [0.2, 0.25) is 0 Å². The van der Waals surface area contributed by atoms with Crippen molar-refractivity contribution in [1.82, 2.24) is 9.97 Å². The molecule has 0 amide bonds. The summed E-state index contributed by atoms with van der Waals surface area (Å²) < 4.78 is 0. The van der Waals surface area contributed by atoms with Gasteiger partial charge in [0.05, 0.1) is 11.0 Å². The van der Waals surface area contributed by atoms with Gasteiger partial charge >= 0.3 is 23.1 Å². The molecule has 0 saturated carbocycles. The van der Waals surface area contributed by atoms with Gasteiger partial charge in [-0.3, -0.25) is 9.97 Å². The van der Waals surface area contributed by atoms with E-state index in [0.29, 0.717) is 11.0 Å². The van der Waals surface area contributed by atoms with Gasteiger partial charge in [-0.25, -0.2) is 0 Å². The first-order valence-electron chi connectivity index (χ1n) is 8.44. The summed E-state index contributed by atoms with van der Waals surface area (Å²) in [6.45, 7) is 8.02. The van der Waals surface area contributed by atoms with Crippen molar-refractivity contribution in [2.75, 3.05) is 0 Å². The second kappa shape index (κ2) is 8.54. The fraction of sp³-hybridized carbons (Fsp3) is 0.182. The van der Waals surface area contributed by atoms with Crippen LogP contribution in [0, 0.1) is 27.7 Å². The zero-order valence-electron chi connectivity index (χ0n) is 16.0. The van der Waals surface area contributed by atoms with Crippen LogP contribution < -0.4 is 10.2 Å². The Balaban J connectivity index is 0.000000187. The van der Waals surface area contributed by atoms with Gasteiger partial charge in [0.25, 0.3) is 0 Å². The van der Waals surface area contributed by atoms with Crippen molar-refractivity contribution >= 4 is 44.9 Å². The maximum atomic E-state index is 11.4. The average Bonchev–Trinajstić information content (AvgIpc) is 2.63. The molecule has 0 unspecified atom stereocenters. The number of aryl methyl sites for hydroxylation is 4. The molecule has 0 aliphatic heterocycles. The molecule has 0 aliphatic rings. The minimum Gasteiger partial charge on any atom is -0.871 e. The monoisotopic (exact) mass is 368 g/mol. The summed E-state index contributed by atoms with van der Waals surface area (Å²) in [4.78, 5) is 8.26. The van der Waals surface area contributed by atoms with Crippen molar-refractivity contribution in [3.63, 3.8) is 0 Å². The molecule has 4 nitrogen and oxygen atoms in total. The van der Waals surface area contributed by atoms with Crippen LogP contribution in [0.25, 0.3) is 21.8 Å². The molecule has 132 valence electrons. The predicted octanol–water partition coefficient (Wildman–Crippen LogP) is 3.47. The summed E-state index contributed by atoms with van der Waals surface area (Å²) in [5.74, 6) is 0.00111. The Labute approximate surface area is 175 Å². The van der Waals surface area contributed by atoms with Crippen LogP contribution in [0.5, 0.6) is 11.5 Å². The van der Waals surface area contributed by atoms with Crippen molar-refractivity contribution in [1.29, 1.82) is 0 Å². The van der Waals surface area contributed by atoms with Gasteiger partial charge in [-0.05, 0) is 49.9 Å². The number of hydrogen-bond acceptors (Lipinski definition) is 4. The SMILES string of the molecule is Cc1cnc2c([O-])cccc2c1C.Cc1cnc2c([O-])cccc2c1C.[Mg+2]. The number of hydrogen-bond donors (Lipinski definition) is 0. The molecule has 0 bridgehead atoms. The van der Waals surface area contributed by atoms with Crippen molar-refractivity contribution in [3.8, 4) is 11.5 Å². The Morgan fingerprint density at radius 2 is 1.00 bits per heavy atom. The molecule has 5 heteroatoms. The average molecular weight is 369 g/mol. The third kappa shape index (κ3) is 4.15. The molecule has 0 spiro atoms. The number of para-hydroxylation sites is 2. The fourth-order valence-corrected chi connectivity index (χ4v) is 2.86. The maximum absolute atomic E-state index is 11.4. The van der Waals surface area contributed by atoms with E-state index in [2.05, 4.69) is 9.97 Å². The van der Waals surface area contributed by atoms with Gasteiger partial charge < -0.3 is 10.2 Å². The molecule has 2 heterocycles. The van der Waals surface area contributed by atoms with Gasteiger partial charge in [-0.2, -0.15) is 0 Å². The fourth-order valence-electron chi connectivity index (χ4n) is 2.86. The molecule has 4 rings (SSSR count). The molecular weight excluding hydrogens is 349 g/mol. The van der Waals surface area contributed by atoms with Crippen molar-refractivity contribution < 1.29 is 10.2 Å². The number of fused-ring (bicyclic) bond motifs is 2. The smallest absolute Gasteiger partial charge is 0.871 e. The predicted molar refractivity (Wildman–Crippen MR) is 107 cm³/mol. The number of rotatable bonds is 0. The Morgan fingerprint density at radius 3 is 1.37 bits per heavy atom. The summed E-state index contributed by atoms with van der Waals surface area (Å²) in [6.07, 6.45) is 3.50. The van der Waals surface area contributed by atoms with Crippen LogP contribution in [-0.2, 0) is 0 Å². The zero-order chi connectivity index (χ0) is 18.8. The van der Waals surface area contributed by atoms with E-state index < -0.39 is 0 Å². The third-order valence-corrected chi connectivity index (χ3v) is 4.76. The maximum Gasteiger partial charge on any atom is 2.00 e. The van der Waals surface area contributed by atoms with Crippen molar-refractivity contribution in [2.24, 2.45) is 0 Å². The van der Waals surface area contributed by atoms with E-state index in [4.69, 9.17) is 0 Å². The van der Waals surface area contributed by atoms with E-state index in [1.807, 2.05) is 39.8 Å². The van der Waals surface area contributed by atoms with E-state index in [1.165, 1.54) is 0 Å². The molecule has 0 fully saturated rings. The van der Waals surface area contributed by atoms with Crippen LogP contribution in [0.1, 0.15) is 22.3 Å². The van der Waals surface area contributed by atoms with Gasteiger partial charge in [0, 0.05) is 23.2 Å². The van der Waals surface area contributed by atoms with Crippen LogP contribution >= 0.6 is 0 Å². The number of nitrogens with zero attached hydrogens (tertiary/aromatic N) is 2. The molecule has 27 heavy (non-hydrogen) atoms. The Bertz CT molecular complexity index is 1020. The normalized spacial score (nSPS) is 10.2. The van der Waals surface area contributed by atoms with E-state index in [1.54, 1.807) is 36.7 Å². The standard InChI is InChI=1S/2C11H11NO.Mg/c2*1-7-6-12-11-9(8(7)2)4-3-5-10(11)13;/h2*3-6,13H,1-2H3;/q;;+2/p-2. The molecule has 0 atom stereocenters. The molecular formula is C22H20MgN2O2. The first kappa shape index (κ1) is 20.9. The second-order valence-electron chi connectivity index (χ2n) is 6.44. The number of pyridine rings is 2. The first-order chi connectivity index (χ1) is 12.4. The Hall–Kier alpha value is -2.37. The van der Waals surface area contributed by atoms with Crippen molar-refractivity contribution in [2.45, 2.75) is 27.7 Å². The first-order valence-corrected chi connectivity index (χ1v) is 8.44. The van der Waals surface area contributed by atoms with Crippen LogP contribution in [0.15, 0.2) is 48.8 Å². The van der Waals surface area contributed by atoms with Crippen LogP contribution in [0.4, 0.5) is 0 Å². The van der Waals surface area contributed by atoms with E-state index in [0.717, 1.165) is 33.0 Å². The minimum atomic E-state index is 0. The Morgan fingerprint density at radius 1 is 0.630 bits per heavy atom. The van der Waals surface area contributed by atoms with Gasteiger partial charge in [0.2, 0.25) is 0 Å². The largest absolute Gasteiger partial charge is 2.00 e. The summed E-state index contributed by atoms with van der Waals surface area (Å²) in [6, 6.07) is 10.5. The summed E-state index contributed by atoms with van der Waals surface area (Å²) in [7, 11) is 0. The topological polar surface area (TPSA) is 71.9 Å². The molecule has 0 N–H and O–H groups in total. The van der Waals surface area contributed by atoms with Crippen LogP contribution in [0.3, 0.4) is 0 Å². The van der Waals surface area contributed by atoms with Gasteiger partial charge in [-0.1, -0.05) is 47.9 Å². The third-order valence-electron chi connectivity index (χ3n) is 4.76. The van der Waals surface area contributed by atoms with Gasteiger partial charge in [0.1, 0.15) is 0 Å².